The number of rotatable bonds is 5. The van der Waals surface area contributed by atoms with Gasteiger partial charge in [-0.2, -0.15) is 0 Å². The van der Waals surface area contributed by atoms with Gasteiger partial charge in [0.15, 0.2) is 5.96 Å². The molecule has 1 saturated carbocycles. The highest BCUT2D eigenvalue weighted by Gasteiger charge is 2.29. The summed E-state index contributed by atoms with van der Waals surface area (Å²) in [5, 5.41) is 3.50. The van der Waals surface area contributed by atoms with Gasteiger partial charge in [0.05, 0.1) is 0 Å². The van der Waals surface area contributed by atoms with Crippen LogP contribution >= 0.6 is 0 Å². The number of benzene rings is 1. The molecule has 1 amide bonds. The summed E-state index contributed by atoms with van der Waals surface area (Å²) in [5.41, 5.74) is 1.87. The van der Waals surface area contributed by atoms with Crippen molar-refractivity contribution in [3.8, 4) is 0 Å². The van der Waals surface area contributed by atoms with E-state index in [2.05, 4.69) is 34.0 Å². The molecule has 1 aliphatic heterocycles. The lowest BCUT2D eigenvalue weighted by molar-refractivity contribution is 0.0827. The number of nitrogens with zero attached hydrogens (tertiary/aromatic N) is 4. The lowest BCUT2D eigenvalue weighted by Gasteiger charge is -2.43. The summed E-state index contributed by atoms with van der Waals surface area (Å²) in [5.74, 6) is 2.76. The molecule has 2 fully saturated rings. The monoisotopic (exact) mass is 427 g/mol. The first-order chi connectivity index (χ1) is 14.9. The molecule has 1 N–H and O–H groups in total. The van der Waals surface area contributed by atoms with E-state index in [1.807, 2.05) is 31.3 Å². The Kier molecular flexibility index (Phi) is 8.35. The number of carbonyl (C=O) groups excluding carboxylic acids is 1. The zero-order valence-electron chi connectivity index (χ0n) is 20.1. The number of hydrogen-bond donors (Lipinski definition) is 1. The van der Waals surface area contributed by atoms with Crippen molar-refractivity contribution in [2.24, 2.45) is 16.8 Å². The molecule has 172 valence electrons. The SMILES string of the molecule is CN=C(NCc1ccc(C(=O)N(C)C)cc1)N1CCN(C2CCC(C(C)C)CC2)CC1. The summed E-state index contributed by atoms with van der Waals surface area (Å²) < 4.78 is 0. The Labute approximate surface area is 188 Å². The van der Waals surface area contributed by atoms with Crippen LogP contribution in [0.3, 0.4) is 0 Å². The van der Waals surface area contributed by atoms with Crippen LogP contribution in [0.5, 0.6) is 0 Å². The summed E-state index contributed by atoms with van der Waals surface area (Å²) in [6, 6.07) is 8.60. The van der Waals surface area contributed by atoms with Crippen LogP contribution in [-0.4, -0.2) is 79.9 Å². The minimum Gasteiger partial charge on any atom is -0.352 e. The van der Waals surface area contributed by atoms with Crippen molar-refractivity contribution in [3.63, 3.8) is 0 Å². The summed E-state index contributed by atoms with van der Waals surface area (Å²) >= 11 is 0. The van der Waals surface area contributed by atoms with E-state index in [9.17, 15) is 4.79 Å². The number of hydrogen-bond acceptors (Lipinski definition) is 3. The summed E-state index contributed by atoms with van der Waals surface area (Å²) in [6.45, 7) is 9.76. The van der Waals surface area contributed by atoms with E-state index in [0.717, 1.165) is 61.1 Å². The zero-order chi connectivity index (χ0) is 22.4. The van der Waals surface area contributed by atoms with E-state index >= 15 is 0 Å². The summed E-state index contributed by atoms with van der Waals surface area (Å²) in [6.07, 6.45) is 5.51. The van der Waals surface area contributed by atoms with E-state index in [1.54, 1.807) is 19.0 Å². The molecule has 1 saturated heterocycles. The van der Waals surface area contributed by atoms with Gasteiger partial charge in [-0.3, -0.25) is 14.7 Å². The standard InChI is InChI=1S/C25H41N5O/c1-19(2)21-10-12-23(13-11-21)29-14-16-30(17-15-29)25(26-3)27-18-20-6-8-22(9-7-20)24(31)28(4)5/h6-9,19,21,23H,10-18H2,1-5H3,(H,26,27). The van der Waals surface area contributed by atoms with Gasteiger partial charge in [0.25, 0.3) is 5.91 Å². The number of aliphatic imine (C=N–C) groups is 1. The predicted molar refractivity (Wildman–Crippen MR) is 128 cm³/mol. The molecule has 1 heterocycles. The van der Waals surface area contributed by atoms with E-state index in [-0.39, 0.29) is 5.91 Å². The minimum absolute atomic E-state index is 0.0332. The van der Waals surface area contributed by atoms with Crippen molar-refractivity contribution in [1.82, 2.24) is 20.0 Å². The van der Waals surface area contributed by atoms with Crippen molar-refractivity contribution >= 4 is 11.9 Å². The molecule has 0 bridgehead atoms. The molecule has 0 unspecified atom stereocenters. The van der Waals surface area contributed by atoms with Gasteiger partial charge in [0.2, 0.25) is 0 Å². The van der Waals surface area contributed by atoms with Crippen molar-refractivity contribution in [2.45, 2.75) is 52.1 Å². The topological polar surface area (TPSA) is 51.2 Å². The quantitative estimate of drug-likeness (QED) is 0.579. The predicted octanol–water partition coefficient (Wildman–Crippen LogP) is 3.30. The highest BCUT2D eigenvalue weighted by molar-refractivity contribution is 5.93. The molecule has 0 aromatic heterocycles. The maximum absolute atomic E-state index is 12.0. The van der Waals surface area contributed by atoms with Crippen LogP contribution in [-0.2, 0) is 6.54 Å². The zero-order valence-corrected chi connectivity index (χ0v) is 20.1. The van der Waals surface area contributed by atoms with Crippen molar-refractivity contribution in [1.29, 1.82) is 0 Å². The molecule has 31 heavy (non-hydrogen) atoms. The number of amides is 1. The largest absolute Gasteiger partial charge is 0.352 e. The van der Waals surface area contributed by atoms with Gasteiger partial charge in [0.1, 0.15) is 0 Å². The van der Waals surface area contributed by atoms with Crippen molar-refractivity contribution < 1.29 is 4.79 Å². The first-order valence-electron chi connectivity index (χ1n) is 11.9. The lowest BCUT2D eigenvalue weighted by Crippen LogP contribution is -2.55. The fraction of sp³-hybridized carbons (Fsp3) is 0.680. The first-order valence-corrected chi connectivity index (χ1v) is 11.9. The third-order valence-corrected chi connectivity index (χ3v) is 7.08. The Hall–Kier alpha value is -2.08. The molecular formula is C25H41N5O. The second kappa shape index (κ2) is 11.0. The van der Waals surface area contributed by atoms with Crippen LogP contribution in [0.25, 0.3) is 0 Å². The second-order valence-corrected chi connectivity index (χ2v) is 9.63. The van der Waals surface area contributed by atoms with Crippen LogP contribution < -0.4 is 5.32 Å². The van der Waals surface area contributed by atoms with Gasteiger partial charge in [-0.1, -0.05) is 26.0 Å². The molecular weight excluding hydrogens is 386 g/mol. The van der Waals surface area contributed by atoms with E-state index in [1.165, 1.54) is 25.7 Å². The molecule has 1 aliphatic carbocycles. The molecule has 3 rings (SSSR count). The molecule has 1 aromatic rings. The van der Waals surface area contributed by atoms with E-state index in [0.29, 0.717) is 6.54 Å². The molecule has 0 radical (unpaired) electrons. The Morgan fingerprint density at radius 3 is 2.19 bits per heavy atom. The maximum atomic E-state index is 12.0. The molecule has 0 spiro atoms. The fourth-order valence-electron chi connectivity index (χ4n) is 4.97. The van der Waals surface area contributed by atoms with Gasteiger partial charge >= 0.3 is 0 Å². The Bertz CT molecular complexity index is 727. The van der Waals surface area contributed by atoms with Crippen molar-refractivity contribution in [2.75, 3.05) is 47.3 Å². The van der Waals surface area contributed by atoms with E-state index < -0.39 is 0 Å². The van der Waals surface area contributed by atoms with Gasteiger partial charge in [-0.15, -0.1) is 0 Å². The molecule has 1 aromatic carbocycles. The fourth-order valence-corrected chi connectivity index (χ4v) is 4.97. The van der Waals surface area contributed by atoms with Gasteiger partial charge < -0.3 is 15.1 Å². The van der Waals surface area contributed by atoms with E-state index in [4.69, 9.17) is 0 Å². The highest BCUT2D eigenvalue weighted by Crippen LogP contribution is 2.32. The number of guanidine groups is 1. The average molecular weight is 428 g/mol. The molecule has 6 nitrogen and oxygen atoms in total. The maximum Gasteiger partial charge on any atom is 0.253 e. The van der Waals surface area contributed by atoms with Crippen LogP contribution in [0.1, 0.15) is 55.5 Å². The van der Waals surface area contributed by atoms with Crippen LogP contribution in [0.4, 0.5) is 0 Å². The summed E-state index contributed by atoms with van der Waals surface area (Å²) in [7, 11) is 5.41. The first kappa shape index (κ1) is 23.6. The molecule has 6 heteroatoms. The number of nitrogens with one attached hydrogen (secondary N) is 1. The molecule has 0 atom stereocenters. The van der Waals surface area contributed by atoms with Gasteiger partial charge in [-0.05, 0) is 55.2 Å². The molecule has 2 aliphatic rings. The van der Waals surface area contributed by atoms with Crippen LogP contribution in [0.2, 0.25) is 0 Å². The third-order valence-electron chi connectivity index (χ3n) is 7.08. The number of piperazine rings is 1. The minimum atomic E-state index is 0.0332. The smallest absolute Gasteiger partial charge is 0.253 e. The van der Waals surface area contributed by atoms with Crippen LogP contribution in [0.15, 0.2) is 29.3 Å². The lowest BCUT2D eigenvalue weighted by atomic mass is 9.79. The Balaban J connectivity index is 1.45. The Morgan fingerprint density at radius 2 is 1.68 bits per heavy atom. The highest BCUT2D eigenvalue weighted by atomic mass is 16.2. The Morgan fingerprint density at radius 1 is 1.06 bits per heavy atom. The normalized spacial score (nSPS) is 23.2. The number of carbonyl (C=O) groups is 1. The van der Waals surface area contributed by atoms with Gasteiger partial charge in [-0.25, -0.2) is 0 Å². The summed E-state index contributed by atoms with van der Waals surface area (Å²) in [4.78, 5) is 23.2. The average Bonchev–Trinajstić information content (AvgIpc) is 2.80. The second-order valence-electron chi connectivity index (χ2n) is 9.63. The van der Waals surface area contributed by atoms with Gasteiger partial charge in [0, 0.05) is 65.5 Å². The van der Waals surface area contributed by atoms with Crippen molar-refractivity contribution in [3.05, 3.63) is 35.4 Å². The van der Waals surface area contributed by atoms with Crippen LogP contribution in [0, 0.1) is 11.8 Å². The third kappa shape index (κ3) is 6.22.